The highest BCUT2D eigenvalue weighted by molar-refractivity contribution is 8.48. The summed E-state index contributed by atoms with van der Waals surface area (Å²) in [4.78, 5) is -7.63. The molecule has 0 heterocycles. The monoisotopic (exact) mass is 446 g/mol. The van der Waals surface area contributed by atoms with Crippen LogP contribution < -0.4 is 9.47 Å². The molecule has 0 saturated heterocycles. The maximum Gasteiger partial charge on any atom is 0.315 e. The summed E-state index contributed by atoms with van der Waals surface area (Å²) in [5, 5.41) is 0. The van der Waals surface area contributed by atoms with Gasteiger partial charge in [-0.3, -0.25) is 0 Å². The van der Waals surface area contributed by atoms with E-state index in [4.69, 9.17) is 0 Å². The summed E-state index contributed by atoms with van der Waals surface area (Å²) < 4.78 is 142. The van der Waals surface area contributed by atoms with Crippen molar-refractivity contribution in [2.75, 3.05) is 13.2 Å². The fraction of sp³-hybridized carbons (Fsp3) is 0.500. The standard InChI is InChI=1S/C12H16F10O2S2/c1-3-7-23-9-5-6-10(24-8-4-2)12(26(18,19,20,21)22)11(9)25(13,14,15,16)17/h5-6H,3-4,7-8H2,1-2H3. The highest BCUT2D eigenvalue weighted by Crippen LogP contribution is 3.10. The van der Waals surface area contributed by atoms with E-state index in [9.17, 15) is 38.9 Å². The highest BCUT2D eigenvalue weighted by Gasteiger charge is 2.78. The van der Waals surface area contributed by atoms with Crippen LogP contribution in [0.25, 0.3) is 0 Å². The van der Waals surface area contributed by atoms with Crippen LogP contribution in [0.4, 0.5) is 38.9 Å². The third-order valence-corrected chi connectivity index (χ3v) is 5.22. The third kappa shape index (κ3) is 5.66. The van der Waals surface area contributed by atoms with Gasteiger partial charge in [-0.25, -0.2) is 0 Å². The molecule has 0 unspecified atom stereocenters. The molecule has 0 N–H and O–H groups in total. The van der Waals surface area contributed by atoms with E-state index in [1.807, 2.05) is 0 Å². The second-order valence-corrected chi connectivity index (χ2v) is 10.0. The van der Waals surface area contributed by atoms with Crippen LogP contribution in [0.5, 0.6) is 11.5 Å². The molecular formula is C12H16F10O2S2. The van der Waals surface area contributed by atoms with E-state index in [1.54, 1.807) is 0 Å². The lowest BCUT2D eigenvalue weighted by molar-refractivity contribution is 0.267. The van der Waals surface area contributed by atoms with Crippen LogP contribution in [0.2, 0.25) is 0 Å². The van der Waals surface area contributed by atoms with Crippen LogP contribution in [0.3, 0.4) is 0 Å². The van der Waals surface area contributed by atoms with Gasteiger partial charge in [-0.1, -0.05) is 52.7 Å². The number of hydrogen-bond donors (Lipinski definition) is 0. The number of halogens is 10. The molecule has 0 aliphatic carbocycles. The quantitative estimate of drug-likeness (QED) is 0.372. The Morgan fingerprint density at radius 2 is 0.885 bits per heavy atom. The van der Waals surface area contributed by atoms with Crippen molar-refractivity contribution in [2.24, 2.45) is 0 Å². The Labute approximate surface area is 142 Å². The predicted octanol–water partition coefficient (Wildman–Crippen LogP) is 8.58. The Hall–Kier alpha value is -1.18. The lowest BCUT2D eigenvalue weighted by Crippen LogP contribution is -2.19. The lowest BCUT2D eigenvalue weighted by Gasteiger charge is -2.48. The van der Waals surface area contributed by atoms with Gasteiger partial charge in [-0.2, -0.15) is 0 Å². The van der Waals surface area contributed by atoms with Gasteiger partial charge in [0.15, 0.2) is 9.79 Å². The lowest BCUT2D eigenvalue weighted by atomic mass is 10.3. The average molecular weight is 446 g/mol. The predicted molar refractivity (Wildman–Crippen MR) is 80.8 cm³/mol. The van der Waals surface area contributed by atoms with Crippen molar-refractivity contribution in [2.45, 2.75) is 36.5 Å². The summed E-state index contributed by atoms with van der Waals surface area (Å²) in [7, 11) is -22.5. The van der Waals surface area contributed by atoms with Crippen molar-refractivity contribution >= 4 is 20.4 Å². The van der Waals surface area contributed by atoms with E-state index < -0.39 is 55.0 Å². The second-order valence-electron chi connectivity index (χ2n) is 5.35. The van der Waals surface area contributed by atoms with Gasteiger partial charge in [0.05, 0.1) is 13.2 Å². The molecule has 0 aliphatic rings. The fourth-order valence-electron chi connectivity index (χ4n) is 1.91. The van der Waals surface area contributed by atoms with Gasteiger partial charge in [0.2, 0.25) is 0 Å². The highest BCUT2D eigenvalue weighted by atomic mass is 32.5. The SMILES string of the molecule is CCCOc1ccc(OCCC)c(S(F)(F)(F)(F)F)c1S(F)(F)(F)(F)F. The van der Waals surface area contributed by atoms with Gasteiger partial charge in [0.1, 0.15) is 11.5 Å². The first-order chi connectivity index (χ1) is 11.1. The molecule has 0 fully saturated rings. The average Bonchev–Trinajstić information content (AvgIpc) is 2.37. The maximum atomic E-state index is 13.3. The van der Waals surface area contributed by atoms with Crippen LogP contribution in [-0.2, 0) is 0 Å². The Kier molecular flexibility index (Phi) is 4.58. The molecule has 0 atom stereocenters. The fourth-order valence-corrected chi connectivity index (χ4v) is 4.77. The zero-order valence-electron chi connectivity index (χ0n) is 13.4. The zero-order chi connectivity index (χ0) is 20.8. The Bertz CT molecular complexity index is 634. The second kappa shape index (κ2) is 5.20. The van der Waals surface area contributed by atoms with Crippen LogP contribution in [-0.4, -0.2) is 13.2 Å². The number of ether oxygens (including phenoxy) is 2. The van der Waals surface area contributed by atoms with E-state index >= 15 is 0 Å². The first-order valence-corrected chi connectivity index (χ1v) is 10.9. The Morgan fingerprint density at radius 3 is 1.08 bits per heavy atom. The van der Waals surface area contributed by atoms with Gasteiger partial charge in [-0.15, -0.1) is 0 Å². The van der Waals surface area contributed by atoms with Crippen molar-refractivity contribution in [1.29, 1.82) is 0 Å². The molecule has 1 aromatic rings. The normalized spacial score (nSPS) is 18.3. The van der Waals surface area contributed by atoms with Gasteiger partial charge in [0, 0.05) is 0 Å². The van der Waals surface area contributed by atoms with Crippen LogP contribution >= 0.6 is 20.4 Å². The Balaban J connectivity index is 4.10. The smallest absolute Gasteiger partial charge is 0.315 e. The molecule has 26 heavy (non-hydrogen) atoms. The molecule has 0 aromatic heterocycles. The van der Waals surface area contributed by atoms with E-state index in [2.05, 4.69) is 9.47 Å². The molecular weight excluding hydrogens is 430 g/mol. The molecule has 0 amide bonds. The van der Waals surface area contributed by atoms with E-state index in [-0.39, 0.29) is 25.0 Å². The van der Waals surface area contributed by atoms with Gasteiger partial charge < -0.3 is 9.47 Å². The zero-order valence-corrected chi connectivity index (χ0v) is 15.0. The van der Waals surface area contributed by atoms with Crippen molar-refractivity contribution in [3.63, 3.8) is 0 Å². The van der Waals surface area contributed by atoms with Gasteiger partial charge in [0.25, 0.3) is 0 Å². The van der Waals surface area contributed by atoms with Crippen molar-refractivity contribution in [3.05, 3.63) is 12.1 Å². The van der Waals surface area contributed by atoms with Gasteiger partial charge in [-0.05, 0) is 25.0 Å². The topological polar surface area (TPSA) is 18.5 Å². The summed E-state index contributed by atoms with van der Waals surface area (Å²) >= 11 is 0. The molecule has 158 valence electrons. The molecule has 0 saturated carbocycles. The summed E-state index contributed by atoms with van der Waals surface area (Å²) in [6.45, 7) is 1.25. The molecule has 2 nitrogen and oxygen atoms in total. The molecule has 0 aliphatic heterocycles. The molecule has 0 radical (unpaired) electrons. The number of hydrogen-bond acceptors (Lipinski definition) is 2. The van der Waals surface area contributed by atoms with Crippen LogP contribution in [0, 0.1) is 0 Å². The van der Waals surface area contributed by atoms with E-state index in [0.717, 1.165) is 0 Å². The minimum atomic E-state index is -11.3. The minimum absolute atomic E-state index is 0.0699. The van der Waals surface area contributed by atoms with E-state index in [0.29, 0.717) is 0 Å². The summed E-state index contributed by atoms with van der Waals surface area (Å²) in [6.07, 6.45) is -0.140. The van der Waals surface area contributed by atoms with Crippen LogP contribution in [0.1, 0.15) is 26.7 Å². The molecule has 1 aromatic carbocycles. The first-order valence-electron chi connectivity index (χ1n) is 7.01. The minimum Gasteiger partial charge on any atom is -0.492 e. The number of rotatable bonds is 8. The van der Waals surface area contributed by atoms with Crippen molar-refractivity contribution in [1.82, 2.24) is 0 Å². The molecule has 1 rings (SSSR count). The number of benzene rings is 1. The van der Waals surface area contributed by atoms with E-state index in [1.165, 1.54) is 13.8 Å². The van der Waals surface area contributed by atoms with Crippen molar-refractivity contribution in [3.8, 4) is 11.5 Å². The van der Waals surface area contributed by atoms with Crippen molar-refractivity contribution < 1.29 is 48.3 Å². The molecule has 0 spiro atoms. The molecule has 14 heteroatoms. The van der Waals surface area contributed by atoms with Crippen LogP contribution in [0.15, 0.2) is 21.9 Å². The maximum absolute atomic E-state index is 13.3. The Morgan fingerprint density at radius 1 is 0.615 bits per heavy atom. The summed E-state index contributed by atoms with van der Waals surface area (Å²) in [6, 6.07) is 0.224. The first kappa shape index (κ1) is 22.9. The van der Waals surface area contributed by atoms with Gasteiger partial charge >= 0.3 is 20.4 Å². The summed E-state index contributed by atoms with van der Waals surface area (Å²) in [5.41, 5.74) is 0. The third-order valence-electron chi connectivity index (χ3n) is 2.73. The largest absolute Gasteiger partial charge is 0.492 e. The molecule has 0 bridgehead atoms. The summed E-state index contributed by atoms with van der Waals surface area (Å²) in [5.74, 6) is -4.06.